The lowest BCUT2D eigenvalue weighted by Crippen LogP contribution is -2.31. The Bertz CT molecular complexity index is 1460. The van der Waals surface area contributed by atoms with Crippen LogP contribution < -0.4 is 5.32 Å². The van der Waals surface area contributed by atoms with E-state index in [1.165, 1.54) is 0 Å². The molecule has 3 heterocycles. The Morgan fingerprint density at radius 2 is 1.91 bits per heavy atom. The zero-order valence-corrected chi connectivity index (χ0v) is 19.0. The number of hydrogen-bond donors (Lipinski definition) is 1. The number of likely N-dealkylation sites (N-methyl/N-ethyl adjacent to an activating group) is 1. The van der Waals surface area contributed by atoms with Gasteiger partial charge in [0.05, 0.1) is 24.0 Å². The van der Waals surface area contributed by atoms with Crippen LogP contribution in [-0.2, 0) is 6.54 Å². The van der Waals surface area contributed by atoms with E-state index < -0.39 is 0 Å². The monoisotopic (exact) mass is 452 g/mol. The van der Waals surface area contributed by atoms with E-state index in [0.717, 1.165) is 28.6 Å². The minimum absolute atomic E-state index is 0.0946. The highest BCUT2D eigenvalue weighted by Gasteiger charge is 2.12. The van der Waals surface area contributed by atoms with Crippen LogP contribution in [0.15, 0.2) is 67.0 Å². The lowest BCUT2D eigenvalue weighted by Gasteiger charge is -2.10. The van der Waals surface area contributed by atoms with Crippen LogP contribution in [0.5, 0.6) is 0 Å². The van der Waals surface area contributed by atoms with Gasteiger partial charge < -0.3 is 10.2 Å². The number of fused-ring (bicyclic) bond motifs is 2. The molecule has 5 rings (SSSR count). The molecule has 170 valence electrons. The maximum absolute atomic E-state index is 12.3. The van der Waals surface area contributed by atoms with Gasteiger partial charge in [-0.3, -0.25) is 9.78 Å². The number of rotatable bonds is 7. The quantitative estimate of drug-likeness (QED) is 0.405. The minimum Gasteiger partial charge on any atom is -0.351 e. The maximum Gasteiger partial charge on any atom is 0.251 e. The maximum atomic E-state index is 12.3. The molecular formula is C25H24N8O. The molecule has 3 aromatic heterocycles. The summed E-state index contributed by atoms with van der Waals surface area (Å²) in [6.07, 6.45) is 3.46. The highest BCUT2D eigenvalue weighted by Crippen LogP contribution is 2.20. The van der Waals surface area contributed by atoms with Gasteiger partial charge >= 0.3 is 0 Å². The molecule has 5 aromatic rings. The molecule has 1 N–H and O–H groups in total. The van der Waals surface area contributed by atoms with E-state index in [9.17, 15) is 4.79 Å². The summed E-state index contributed by atoms with van der Waals surface area (Å²) in [5, 5.41) is 12.4. The second-order valence-corrected chi connectivity index (χ2v) is 8.32. The number of hydrogen-bond acceptors (Lipinski definition) is 7. The molecular weight excluding hydrogens is 428 g/mol. The summed E-state index contributed by atoms with van der Waals surface area (Å²) < 4.78 is 1.75. The fourth-order valence-corrected chi connectivity index (χ4v) is 3.68. The molecule has 0 aliphatic carbocycles. The van der Waals surface area contributed by atoms with Crippen molar-refractivity contribution in [1.29, 1.82) is 0 Å². The topological polar surface area (TPSA) is 102 Å². The van der Waals surface area contributed by atoms with Crippen molar-refractivity contribution in [3.8, 4) is 11.3 Å². The molecule has 2 aromatic carbocycles. The molecule has 0 spiro atoms. The molecule has 0 aliphatic heterocycles. The fraction of sp³-hybridized carbons (Fsp3) is 0.200. The SMILES string of the molecule is CN(C)CCNC(=O)c1ccc(-c2cnc3nnn(Cc4ccc5ncccc5c4)c3n2)cc1. The zero-order valence-electron chi connectivity index (χ0n) is 19.0. The van der Waals surface area contributed by atoms with Crippen LogP contribution in [-0.4, -0.2) is 67.9 Å². The van der Waals surface area contributed by atoms with Gasteiger partial charge in [-0.2, -0.15) is 0 Å². The molecule has 34 heavy (non-hydrogen) atoms. The van der Waals surface area contributed by atoms with Crippen LogP contribution in [0.1, 0.15) is 15.9 Å². The largest absolute Gasteiger partial charge is 0.351 e. The van der Waals surface area contributed by atoms with E-state index in [2.05, 4.69) is 31.7 Å². The fourth-order valence-electron chi connectivity index (χ4n) is 3.68. The third-order valence-corrected chi connectivity index (χ3v) is 5.51. The molecule has 1 amide bonds. The Kier molecular flexibility index (Phi) is 5.92. The van der Waals surface area contributed by atoms with Crippen molar-refractivity contribution in [2.75, 3.05) is 27.2 Å². The summed E-state index contributed by atoms with van der Waals surface area (Å²) in [5.41, 5.74) is 5.28. The minimum atomic E-state index is -0.0946. The van der Waals surface area contributed by atoms with Gasteiger partial charge in [0.1, 0.15) is 0 Å². The molecule has 0 saturated carbocycles. The van der Waals surface area contributed by atoms with Crippen molar-refractivity contribution in [2.45, 2.75) is 6.54 Å². The smallest absolute Gasteiger partial charge is 0.251 e. The molecule has 0 atom stereocenters. The van der Waals surface area contributed by atoms with E-state index in [1.54, 1.807) is 29.2 Å². The Labute approximate surface area is 196 Å². The number of benzene rings is 2. The van der Waals surface area contributed by atoms with Crippen molar-refractivity contribution in [1.82, 2.24) is 40.2 Å². The van der Waals surface area contributed by atoms with Crippen molar-refractivity contribution >= 4 is 28.1 Å². The Hall–Kier alpha value is -4.24. The van der Waals surface area contributed by atoms with Crippen molar-refractivity contribution in [3.05, 3.63) is 78.1 Å². The summed E-state index contributed by atoms with van der Waals surface area (Å²) >= 11 is 0. The van der Waals surface area contributed by atoms with Crippen LogP contribution in [0.3, 0.4) is 0 Å². The van der Waals surface area contributed by atoms with Gasteiger partial charge in [0.15, 0.2) is 5.65 Å². The first kappa shape index (κ1) is 21.6. The molecule has 0 saturated heterocycles. The highest BCUT2D eigenvalue weighted by molar-refractivity contribution is 5.94. The number of pyridine rings is 1. The zero-order chi connectivity index (χ0) is 23.5. The number of carbonyl (C=O) groups is 1. The average molecular weight is 453 g/mol. The second-order valence-electron chi connectivity index (χ2n) is 8.32. The van der Waals surface area contributed by atoms with Crippen LogP contribution >= 0.6 is 0 Å². The number of amides is 1. The standard InChI is InChI=1S/C25H24N8O/c1-32(2)13-12-27-25(34)19-8-6-18(7-9-19)22-15-28-23-24(29-22)33(31-30-23)16-17-5-10-21-20(14-17)4-3-11-26-21/h3-11,14-15H,12-13,16H2,1-2H3,(H,27,34). The number of nitrogens with zero attached hydrogens (tertiary/aromatic N) is 7. The molecule has 9 nitrogen and oxygen atoms in total. The van der Waals surface area contributed by atoms with Crippen LogP contribution in [0.4, 0.5) is 0 Å². The summed E-state index contributed by atoms with van der Waals surface area (Å²) in [6, 6.07) is 17.4. The molecule has 0 bridgehead atoms. The summed E-state index contributed by atoms with van der Waals surface area (Å²) in [5.74, 6) is -0.0946. The predicted molar refractivity (Wildman–Crippen MR) is 130 cm³/mol. The number of nitrogens with one attached hydrogen (secondary N) is 1. The van der Waals surface area contributed by atoms with Crippen molar-refractivity contribution in [3.63, 3.8) is 0 Å². The van der Waals surface area contributed by atoms with Crippen LogP contribution in [0.25, 0.3) is 33.5 Å². The van der Waals surface area contributed by atoms with Gasteiger partial charge in [0.2, 0.25) is 5.65 Å². The lowest BCUT2D eigenvalue weighted by atomic mass is 10.1. The molecule has 9 heteroatoms. The average Bonchev–Trinajstić information content (AvgIpc) is 3.25. The Balaban J connectivity index is 1.36. The lowest BCUT2D eigenvalue weighted by molar-refractivity contribution is 0.0951. The first-order valence-corrected chi connectivity index (χ1v) is 11.0. The van der Waals surface area contributed by atoms with Crippen molar-refractivity contribution < 1.29 is 4.79 Å². The first-order valence-electron chi connectivity index (χ1n) is 11.0. The molecule has 0 unspecified atom stereocenters. The Morgan fingerprint density at radius 3 is 2.74 bits per heavy atom. The third-order valence-electron chi connectivity index (χ3n) is 5.51. The molecule has 0 fully saturated rings. The summed E-state index contributed by atoms with van der Waals surface area (Å²) in [6.45, 7) is 1.91. The highest BCUT2D eigenvalue weighted by atomic mass is 16.1. The van der Waals surface area contributed by atoms with Gasteiger partial charge in [-0.05, 0) is 50.0 Å². The summed E-state index contributed by atoms with van der Waals surface area (Å²) in [4.78, 5) is 27.9. The van der Waals surface area contributed by atoms with Gasteiger partial charge in [-0.1, -0.05) is 29.5 Å². The van der Waals surface area contributed by atoms with Crippen LogP contribution in [0.2, 0.25) is 0 Å². The third kappa shape index (κ3) is 4.60. The molecule has 0 aliphatic rings. The summed E-state index contributed by atoms with van der Waals surface area (Å²) in [7, 11) is 3.94. The van der Waals surface area contributed by atoms with Gasteiger partial charge in [0.25, 0.3) is 5.91 Å². The van der Waals surface area contributed by atoms with Crippen LogP contribution in [0, 0.1) is 0 Å². The first-order chi connectivity index (χ1) is 16.6. The van der Waals surface area contributed by atoms with E-state index in [-0.39, 0.29) is 5.91 Å². The normalized spacial score (nSPS) is 11.4. The van der Waals surface area contributed by atoms with E-state index >= 15 is 0 Å². The second kappa shape index (κ2) is 9.32. The Morgan fingerprint density at radius 1 is 1.06 bits per heavy atom. The number of carbonyl (C=O) groups excluding carboxylic acids is 1. The van der Waals surface area contributed by atoms with E-state index in [1.807, 2.05) is 55.4 Å². The van der Waals surface area contributed by atoms with E-state index in [0.29, 0.717) is 35.6 Å². The molecule has 0 radical (unpaired) electrons. The van der Waals surface area contributed by atoms with Gasteiger partial charge in [-0.15, -0.1) is 5.10 Å². The number of aromatic nitrogens is 6. The van der Waals surface area contributed by atoms with Crippen molar-refractivity contribution in [2.24, 2.45) is 0 Å². The van der Waals surface area contributed by atoms with Gasteiger partial charge in [-0.25, -0.2) is 14.6 Å². The van der Waals surface area contributed by atoms with Gasteiger partial charge in [0, 0.05) is 35.8 Å². The van der Waals surface area contributed by atoms with E-state index in [4.69, 9.17) is 4.98 Å². The predicted octanol–water partition coefficient (Wildman–Crippen LogP) is 2.78.